The Balaban J connectivity index is 2.05. The van der Waals surface area contributed by atoms with Crippen LogP contribution in [0.4, 0.5) is 5.69 Å². The first kappa shape index (κ1) is 15.3. The molecule has 112 valence electrons. The molecule has 20 heavy (non-hydrogen) atoms. The second kappa shape index (κ2) is 8.25. The Kier molecular flexibility index (Phi) is 6.30. The molecular weight excluding hydrogens is 252 g/mol. The molecule has 0 saturated carbocycles. The molecule has 1 fully saturated rings. The molecule has 1 aliphatic rings. The fraction of sp³-hybridized carbons (Fsp3) is 0.625. The molecule has 0 bridgehead atoms. The van der Waals surface area contributed by atoms with Crippen LogP contribution in [0.25, 0.3) is 0 Å². The molecule has 1 aromatic rings. The molecule has 4 nitrogen and oxygen atoms in total. The van der Waals surface area contributed by atoms with Crippen LogP contribution in [0.15, 0.2) is 24.3 Å². The summed E-state index contributed by atoms with van der Waals surface area (Å²) in [5, 5.41) is 3.43. The van der Waals surface area contributed by atoms with Gasteiger partial charge in [0.1, 0.15) is 0 Å². The van der Waals surface area contributed by atoms with E-state index >= 15 is 0 Å². The van der Waals surface area contributed by atoms with Crippen molar-refractivity contribution < 1.29 is 9.47 Å². The number of anilines is 1. The highest BCUT2D eigenvalue weighted by Crippen LogP contribution is 2.25. The average molecular weight is 278 g/mol. The number of hydrogen-bond donors (Lipinski definition) is 1. The van der Waals surface area contributed by atoms with Gasteiger partial charge >= 0.3 is 0 Å². The van der Waals surface area contributed by atoms with E-state index in [9.17, 15) is 0 Å². The van der Waals surface area contributed by atoms with Crippen LogP contribution in [-0.4, -0.2) is 46.1 Å². The summed E-state index contributed by atoms with van der Waals surface area (Å²) in [6, 6.07) is 9.15. The highest BCUT2D eigenvalue weighted by Gasteiger charge is 2.23. The second-order valence-corrected chi connectivity index (χ2v) is 5.13. The highest BCUT2D eigenvalue weighted by atomic mass is 16.5. The molecule has 4 heteroatoms. The van der Waals surface area contributed by atoms with Gasteiger partial charge in [-0.25, -0.2) is 0 Å². The lowest BCUT2D eigenvalue weighted by Gasteiger charge is -2.38. The van der Waals surface area contributed by atoms with Gasteiger partial charge < -0.3 is 19.7 Å². The third-order valence-corrected chi connectivity index (χ3v) is 3.80. The summed E-state index contributed by atoms with van der Waals surface area (Å²) in [6.45, 7) is 7.37. The molecule has 1 N–H and O–H groups in total. The Morgan fingerprint density at radius 1 is 1.40 bits per heavy atom. The van der Waals surface area contributed by atoms with Crippen molar-refractivity contribution in [2.45, 2.75) is 25.9 Å². The molecule has 0 amide bonds. The second-order valence-electron chi connectivity index (χ2n) is 5.13. The molecule has 1 saturated heterocycles. The summed E-state index contributed by atoms with van der Waals surface area (Å²) in [5.41, 5.74) is 2.69. The van der Waals surface area contributed by atoms with Gasteiger partial charge in [-0.15, -0.1) is 0 Å². The van der Waals surface area contributed by atoms with Gasteiger partial charge in [0, 0.05) is 32.4 Å². The lowest BCUT2D eigenvalue weighted by Crippen LogP contribution is -2.45. The largest absolute Gasteiger partial charge is 0.383 e. The van der Waals surface area contributed by atoms with Crippen LogP contribution in [0.1, 0.15) is 18.9 Å². The first-order valence-corrected chi connectivity index (χ1v) is 7.48. The van der Waals surface area contributed by atoms with E-state index in [0.717, 1.165) is 45.9 Å². The molecule has 2 rings (SSSR count). The summed E-state index contributed by atoms with van der Waals surface area (Å²) < 4.78 is 10.7. The van der Waals surface area contributed by atoms with Gasteiger partial charge in [-0.3, -0.25) is 0 Å². The van der Waals surface area contributed by atoms with Crippen LogP contribution in [0.2, 0.25) is 0 Å². The predicted octanol–water partition coefficient (Wildman–Crippen LogP) is 2.04. The molecule has 0 spiro atoms. The number of morpholine rings is 1. The van der Waals surface area contributed by atoms with E-state index < -0.39 is 0 Å². The Bertz CT molecular complexity index is 398. The first-order chi connectivity index (χ1) is 9.86. The van der Waals surface area contributed by atoms with Gasteiger partial charge in [-0.1, -0.05) is 25.1 Å². The first-order valence-electron chi connectivity index (χ1n) is 7.48. The van der Waals surface area contributed by atoms with Gasteiger partial charge in [0.15, 0.2) is 0 Å². The van der Waals surface area contributed by atoms with E-state index in [4.69, 9.17) is 9.47 Å². The zero-order chi connectivity index (χ0) is 14.2. The van der Waals surface area contributed by atoms with E-state index in [2.05, 4.69) is 41.4 Å². The zero-order valence-corrected chi connectivity index (χ0v) is 12.6. The lowest BCUT2D eigenvalue weighted by atomic mass is 10.1. The van der Waals surface area contributed by atoms with Crippen LogP contribution in [-0.2, 0) is 16.0 Å². The van der Waals surface area contributed by atoms with Crippen molar-refractivity contribution >= 4 is 5.69 Å². The topological polar surface area (TPSA) is 33.7 Å². The van der Waals surface area contributed by atoms with Crippen molar-refractivity contribution in [3.05, 3.63) is 29.8 Å². The van der Waals surface area contributed by atoms with Gasteiger partial charge in [-0.05, 0) is 18.1 Å². The fourth-order valence-corrected chi connectivity index (χ4v) is 2.65. The molecule has 1 aliphatic heterocycles. The smallest absolute Gasteiger partial charge is 0.0670 e. The number of nitrogens with zero attached hydrogens (tertiary/aromatic N) is 1. The van der Waals surface area contributed by atoms with Crippen molar-refractivity contribution in [1.82, 2.24) is 5.32 Å². The Hall–Kier alpha value is -1.10. The van der Waals surface area contributed by atoms with Crippen LogP contribution in [0, 0.1) is 0 Å². The molecule has 1 aromatic carbocycles. The maximum Gasteiger partial charge on any atom is 0.0670 e. The van der Waals surface area contributed by atoms with Crippen LogP contribution < -0.4 is 10.2 Å². The number of ether oxygens (including phenoxy) is 2. The van der Waals surface area contributed by atoms with Gasteiger partial charge in [0.2, 0.25) is 0 Å². The highest BCUT2D eigenvalue weighted by molar-refractivity contribution is 5.54. The lowest BCUT2D eigenvalue weighted by molar-refractivity contribution is 0.0929. The summed E-state index contributed by atoms with van der Waals surface area (Å²) in [7, 11) is 1.73. The maximum atomic E-state index is 5.60. The summed E-state index contributed by atoms with van der Waals surface area (Å²) >= 11 is 0. The van der Waals surface area contributed by atoms with Gasteiger partial charge in [0.05, 0.1) is 25.9 Å². The molecule has 1 unspecified atom stereocenters. The van der Waals surface area contributed by atoms with Crippen molar-refractivity contribution in [2.75, 3.05) is 44.9 Å². The Morgan fingerprint density at radius 2 is 2.25 bits per heavy atom. The van der Waals surface area contributed by atoms with E-state index in [-0.39, 0.29) is 0 Å². The van der Waals surface area contributed by atoms with E-state index in [0.29, 0.717) is 6.04 Å². The Morgan fingerprint density at radius 3 is 3.05 bits per heavy atom. The Labute approximate surface area is 122 Å². The fourth-order valence-electron chi connectivity index (χ4n) is 2.65. The summed E-state index contributed by atoms with van der Waals surface area (Å²) in [4.78, 5) is 2.50. The normalized spacial score (nSPS) is 19.3. The van der Waals surface area contributed by atoms with Crippen molar-refractivity contribution in [1.29, 1.82) is 0 Å². The van der Waals surface area contributed by atoms with Crippen molar-refractivity contribution in [3.63, 3.8) is 0 Å². The molecule has 1 atom stereocenters. The molecule has 0 aliphatic carbocycles. The SMILES string of the molecule is CCC1COCCN1c1ccccc1CNCCOC. The van der Waals surface area contributed by atoms with E-state index in [1.54, 1.807) is 7.11 Å². The van der Waals surface area contributed by atoms with Gasteiger partial charge in [-0.2, -0.15) is 0 Å². The van der Waals surface area contributed by atoms with Crippen LogP contribution >= 0.6 is 0 Å². The molecule has 0 radical (unpaired) electrons. The molecule has 1 heterocycles. The molecule has 0 aromatic heterocycles. The quantitative estimate of drug-likeness (QED) is 0.774. The van der Waals surface area contributed by atoms with Crippen molar-refractivity contribution in [3.8, 4) is 0 Å². The third kappa shape index (κ3) is 3.95. The monoisotopic (exact) mass is 278 g/mol. The van der Waals surface area contributed by atoms with Gasteiger partial charge in [0.25, 0.3) is 0 Å². The third-order valence-electron chi connectivity index (χ3n) is 3.80. The minimum absolute atomic E-state index is 0.490. The van der Waals surface area contributed by atoms with Crippen molar-refractivity contribution in [2.24, 2.45) is 0 Å². The minimum atomic E-state index is 0.490. The summed E-state index contributed by atoms with van der Waals surface area (Å²) in [5.74, 6) is 0. The number of rotatable bonds is 7. The summed E-state index contributed by atoms with van der Waals surface area (Å²) in [6.07, 6.45) is 1.12. The average Bonchev–Trinajstić information content (AvgIpc) is 2.52. The zero-order valence-electron chi connectivity index (χ0n) is 12.6. The van der Waals surface area contributed by atoms with Crippen LogP contribution in [0.5, 0.6) is 0 Å². The van der Waals surface area contributed by atoms with Crippen LogP contribution in [0.3, 0.4) is 0 Å². The number of hydrogen-bond acceptors (Lipinski definition) is 4. The molecular formula is C16H26N2O2. The standard InChI is InChI=1S/C16H26N2O2/c1-3-15-13-20-11-9-18(15)16-7-5-4-6-14(16)12-17-8-10-19-2/h4-7,15,17H,3,8-13H2,1-2H3. The minimum Gasteiger partial charge on any atom is -0.383 e. The number of nitrogens with one attached hydrogen (secondary N) is 1. The van der Waals surface area contributed by atoms with E-state index in [1.807, 2.05) is 0 Å². The maximum absolute atomic E-state index is 5.60. The predicted molar refractivity (Wildman–Crippen MR) is 82.3 cm³/mol. The number of para-hydroxylation sites is 1. The number of benzene rings is 1. The van der Waals surface area contributed by atoms with E-state index in [1.165, 1.54) is 11.3 Å². The number of methoxy groups -OCH3 is 1.